The average Bonchev–Trinajstić information content (AvgIpc) is 3.39. The van der Waals surface area contributed by atoms with E-state index in [-0.39, 0.29) is 12.8 Å². The molecule has 0 amide bonds. The van der Waals surface area contributed by atoms with Crippen LogP contribution >= 0.6 is 0 Å². The lowest BCUT2D eigenvalue weighted by atomic mass is 10.00. The molecule has 1 atom stereocenters. The largest absolute Gasteiger partial charge is 0.454 e. The number of piperidine rings is 1. The number of benzene rings is 2. The minimum atomic E-state index is -0.0376. The molecule has 7 nitrogen and oxygen atoms in total. The van der Waals surface area contributed by atoms with Crippen LogP contribution in [0.1, 0.15) is 42.3 Å². The summed E-state index contributed by atoms with van der Waals surface area (Å²) in [7, 11) is 0. The van der Waals surface area contributed by atoms with Crippen molar-refractivity contribution in [3.63, 3.8) is 0 Å². The fraction of sp³-hybridized carbons (Fsp3) is 0.381. The third-order valence-electron chi connectivity index (χ3n) is 5.55. The van der Waals surface area contributed by atoms with Gasteiger partial charge in [0.1, 0.15) is 0 Å². The van der Waals surface area contributed by atoms with Gasteiger partial charge in [0.05, 0.1) is 11.7 Å². The number of fused-ring (bicyclic) bond motifs is 1. The Morgan fingerprint density at radius 3 is 2.64 bits per heavy atom. The van der Waals surface area contributed by atoms with Gasteiger partial charge < -0.3 is 9.47 Å². The highest BCUT2D eigenvalue weighted by Crippen LogP contribution is 2.38. The topological polar surface area (TPSA) is 65.3 Å². The molecule has 1 fully saturated rings. The van der Waals surface area contributed by atoms with Crippen molar-refractivity contribution >= 4 is 0 Å². The van der Waals surface area contributed by atoms with Crippen LogP contribution in [-0.2, 0) is 0 Å². The zero-order valence-corrected chi connectivity index (χ0v) is 15.9. The molecule has 2 aliphatic heterocycles. The number of ether oxygens (including phenoxy) is 2. The standard InChI is InChI=1S/C21H23N5O2/c1-15-7-3-4-8-17(15)26-21(22-23-24-26)20(25-11-5-2-6-12-25)16-9-10-18-19(13-16)28-14-27-18/h3-4,7-10,13,20H,2,5-6,11-12,14H2,1H3. The Morgan fingerprint density at radius 1 is 0.964 bits per heavy atom. The molecule has 0 spiro atoms. The van der Waals surface area contributed by atoms with E-state index in [1.807, 2.05) is 22.9 Å². The fourth-order valence-electron chi connectivity index (χ4n) is 4.12. The minimum Gasteiger partial charge on any atom is -0.454 e. The molecule has 28 heavy (non-hydrogen) atoms. The van der Waals surface area contributed by atoms with E-state index in [0.29, 0.717) is 0 Å². The fourth-order valence-corrected chi connectivity index (χ4v) is 4.12. The van der Waals surface area contributed by atoms with Crippen molar-refractivity contribution in [1.82, 2.24) is 25.1 Å². The molecule has 0 radical (unpaired) electrons. The summed E-state index contributed by atoms with van der Waals surface area (Å²) in [5.74, 6) is 2.41. The van der Waals surface area contributed by atoms with Crippen molar-refractivity contribution in [2.45, 2.75) is 32.2 Å². The number of tetrazole rings is 1. The van der Waals surface area contributed by atoms with Crippen molar-refractivity contribution in [2.75, 3.05) is 19.9 Å². The van der Waals surface area contributed by atoms with Crippen molar-refractivity contribution in [2.24, 2.45) is 0 Å². The molecule has 5 rings (SSSR count). The second-order valence-corrected chi connectivity index (χ2v) is 7.35. The molecule has 0 aliphatic carbocycles. The Balaban J connectivity index is 1.62. The zero-order chi connectivity index (χ0) is 18.9. The molecular weight excluding hydrogens is 354 g/mol. The molecule has 0 bridgehead atoms. The van der Waals surface area contributed by atoms with Crippen molar-refractivity contribution in [1.29, 1.82) is 0 Å². The average molecular weight is 377 g/mol. The first-order chi connectivity index (χ1) is 13.8. The quantitative estimate of drug-likeness (QED) is 0.695. The second kappa shape index (κ2) is 7.24. The molecule has 3 heterocycles. The first kappa shape index (κ1) is 17.2. The minimum absolute atomic E-state index is 0.0376. The van der Waals surface area contributed by atoms with E-state index >= 15 is 0 Å². The number of nitrogens with zero attached hydrogens (tertiary/aromatic N) is 5. The van der Waals surface area contributed by atoms with E-state index < -0.39 is 0 Å². The number of likely N-dealkylation sites (tertiary alicyclic amines) is 1. The van der Waals surface area contributed by atoms with Crippen LogP contribution in [0.5, 0.6) is 11.5 Å². The van der Waals surface area contributed by atoms with E-state index in [4.69, 9.17) is 9.47 Å². The van der Waals surface area contributed by atoms with Crippen LogP contribution in [0.2, 0.25) is 0 Å². The third kappa shape index (κ3) is 3.01. The lowest BCUT2D eigenvalue weighted by molar-refractivity contribution is 0.172. The van der Waals surface area contributed by atoms with Gasteiger partial charge in [-0.1, -0.05) is 30.7 Å². The summed E-state index contributed by atoms with van der Waals surface area (Å²) in [6.07, 6.45) is 3.65. The molecule has 144 valence electrons. The first-order valence-corrected chi connectivity index (χ1v) is 9.79. The van der Waals surface area contributed by atoms with Gasteiger partial charge in [-0.3, -0.25) is 4.90 Å². The molecule has 1 unspecified atom stereocenters. The van der Waals surface area contributed by atoms with Crippen LogP contribution in [-0.4, -0.2) is 45.0 Å². The second-order valence-electron chi connectivity index (χ2n) is 7.35. The van der Waals surface area contributed by atoms with Gasteiger partial charge in [0, 0.05) is 0 Å². The number of aryl methyl sites for hydroxylation is 1. The molecule has 2 aromatic carbocycles. The van der Waals surface area contributed by atoms with Gasteiger partial charge in [-0.05, 0) is 72.6 Å². The highest BCUT2D eigenvalue weighted by Gasteiger charge is 2.31. The van der Waals surface area contributed by atoms with Gasteiger partial charge in [0.2, 0.25) is 6.79 Å². The van der Waals surface area contributed by atoms with Crippen LogP contribution in [0.4, 0.5) is 0 Å². The van der Waals surface area contributed by atoms with Gasteiger partial charge in [0.15, 0.2) is 17.3 Å². The highest BCUT2D eigenvalue weighted by molar-refractivity contribution is 5.47. The van der Waals surface area contributed by atoms with Gasteiger partial charge >= 0.3 is 0 Å². The van der Waals surface area contributed by atoms with Crippen LogP contribution in [0.25, 0.3) is 5.69 Å². The van der Waals surface area contributed by atoms with E-state index in [9.17, 15) is 0 Å². The molecular formula is C21H23N5O2. The van der Waals surface area contributed by atoms with Gasteiger partial charge in [0.25, 0.3) is 0 Å². The predicted molar refractivity (Wildman–Crippen MR) is 104 cm³/mol. The van der Waals surface area contributed by atoms with E-state index in [1.165, 1.54) is 19.3 Å². The summed E-state index contributed by atoms with van der Waals surface area (Å²) in [6.45, 7) is 4.41. The molecule has 0 N–H and O–H groups in total. The normalized spacial score (nSPS) is 17.6. The number of para-hydroxylation sites is 1. The number of rotatable bonds is 4. The van der Waals surface area contributed by atoms with Crippen LogP contribution < -0.4 is 9.47 Å². The zero-order valence-electron chi connectivity index (χ0n) is 15.9. The molecule has 7 heteroatoms. The van der Waals surface area contributed by atoms with Gasteiger partial charge in [-0.2, -0.15) is 4.68 Å². The van der Waals surface area contributed by atoms with Crippen LogP contribution in [0, 0.1) is 6.92 Å². The first-order valence-electron chi connectivity index (χ1n) is 9.79. The summed E-state index contributed by atoms with van der Waals surface area (Å²) >= 11 is 0. The Bertz CT molecular complexity index is 980. The summed E-state index contributed by atoms with van der Waals surface area (Å²) < 4.78 is 13.0. The number of hydrogen-bond acceptors (Lipinski definition) is 6. The molecule has 0 saturated carbocycles. The summed E-state index contributed by atoms with van der Waals surface area (Å²) in [5.41, 5.74) is 3.26. The van der Waals surface area contributed by atoms with E-state index in [2.05, 4.69) is 51.6 Å². The van der Waals surface area contributed by atoms with Crippen molar-refractivity contribution in [3.05, 3.63) is 59.4 Å². The Morgan fingerprint density at radius 2 is 1.79 bits per heavy atom. The molecule has 1 saturated heterocycles. The maximum atomic E-state index is 5.63. The third-order valence-corrected chi connectivity index (χ3v) is 5.55. The smallest absolute Gasteiger partial charge is 0.231 e. The van der Waals surface area contributed by atoms with Crippen LogP contribution in [0.15, 0.2) is 42.5 Å². The maximum absolute atomic E-state index is 5.63. The monoisotopic (exact) mass is 377 g/mol. The Labute approximate surface area is 163 Å². The SMILES string of the molecule is Cc1ccccc1-n1nnnc1C(c1ccc2c(c1)OCO2)N1CCCCC1. The van der Waals surface area contributed by atoms with E-state index in [0.717, 1.165) is 47.2 Å². The lowest BCUT2D eigenvalue weighted by Crippen LogP contribution is -2.36. The van der Waals surface area contributed by atoms with Crippen LogP contribution in [0.3, 0.4) is 0 Å². The summed E-state index contributed by atoms with van der Waals surface area (Å²) in [5, 5.41) is 12.8. The van der Waals surface area contributed by atoms with Gasteiger partial charge in [-0.25, -0.2) is 0 Å². The van der Waals surface area contributed by atoms with Gasteiger partial charge in [-0.15, -0.1) is 5.10 Å². The molecule has 2 aliphatic rings. The van der Waals surface area contributed by atoms with E-state index in [1.54, 1.807) is 0 Å². The Kier molecular flexibility index (Phi) is 4.44. The Hall–Kier alpha value is -2.93. The number of hydrogen-bond donors (Lipinski definition) is 0. The summed E-state index contributed by atoms with van der Waals surface area (Å²) in [4.78, 5) is 2.47. The van der Waals surface area contributed by atoms with Crippen molar-refractivity contribution in [3.8, 4) is 17.2 Å². The highest BCUT2D eigenvalue weighted by atomic mass is 16.7. The maximum Gasteiger partial charge on any atom is 0.231 e. The lowest BCUT2D eigenvalue weighted by Gasteiger charge is -2.34. The summed E-state index contributed by atoms with van der Waals surface area (Å²) in [6, 6.07) is 14.3. The number of aromatic nitrogens is 4. The molecule has 3 aromatic rings. The predicted octanol–water partition coefficient (Wildman–Crippen LogP) is 3.27. The molecule has 1 aromatic heterocycles. The van der Waals surface area contributed by atoms with Crippen molar-refractivity contribution < 1.29 is 9.47 Å².